The Labute approximate surface area is 220 Å². The molecule has 0 aliphatic heterocycles. The van der Waals surface area contributed by atoms with E-state index in [1.807, 2.05) is 44.2 Å². The molecule has 0 radical (unpaired) electrons. The fraction of sp³-hybridized carbons (Fsp3) is 0.481. The highest BCUT2D eigenvalue weighted by molar-refractivity contribution is 7.92. The van der Waals surface area contributed by atoms with Gasteiger partial charge in [0, 0.05) is 31.1 Å². The lowest BCUT2D eigenvalue weighted by atomic mass is 10.1. The normalized spacial score (nSPS) is 12.1. The molecule has 2 aromatic carbocycles. The van der Waals surface area contributed by atoms with Gasteiger partial charge in [0.15, 0.2) is 0 Å². The lowest BCUT2D eigenvalue weighted by Gasteiger charge is -2.31. The molecule has 0 aliphatic carbocycles. The Balaban J connectivity index is 2.19. The van der Waals surface area contributed by atoms with Crippen molar-refractivity contribution in [2.45, 2.75) is 65.5 Å². The second-order valence-electron chi connectivity index (χ2n) is 8.99. The summed E-state index contributed by atoms with van der Waals surface area (Å²) >= 11 is 6.02. The van der Waals surface area contributed by atoms with Crippen molar-refractivity contribution in [1.82, 2.24) is 10.2 Å². The van der Waals surface area contributed by atoms with Crippen molar-refractivity contribution in [1.29, 1.82) is 0 Å². The number of carbonyl (C=O) groups is 2. The Morgan fingerprint density at radius 1 is 1.06 bits per heavy atom. The Hall–Kier alpha value is -2.58. The van der Waals surface area contributed by atoms with Gasteiger partial charge < -0.3 is 10.2 Å². The molecule has 7 nitrogen and oxygen atoms in total. The summed E-state index contributed by atoms with van der Waals surface area (Å²) in [5, 5.41) is 3.54. The van der Waals surface area contributed by atoms with E-state index in [1.165, 1.54) is 4.31 Å². The zero-order chi connectivity index (χ0) is 26.7. The fourth-order valence-electron chi connectivity index (χ4n) is 4.00. The Morgan fingerprint density at radius 3 is 2.33 bits per heavy atom. The molecule has 9 heteroatoms. The van der Waals surface area contributed by atoms with Gasteiger partial charge in [-0.2, -0.15) is 0 Å². The molecule has 1 atom stereocenters. The number of halogens is 1. The van der Waals surface area contributed by atoms with Crippen molar-refractivity contribution in [2.24, 2.45) is 0 Å². The number of anilines is 1. The average Bonchev–Trinajstić information content (AvgIpc) is 2.82. The molecule has 2 aromatic rings. The van der Waals surface area contributed by atoms with E-state index in [1.54, 1.807) is 23.1 Å². The van der Waals surface area contributed by atoms with Gasteiger partial charge in [-0.05, 0) is 61.6 Å². The fourth-order valence-corrected chi connectivity index (χ4v) is 5.08. The predicted octanol–water partition coefficient (Wildman–Crippen LogP) is 4.92. The SMILES string of the molecule is CCCCNC(=O)[C@@H](CC)N(Cc1ccc(Cl)cc1)C(=O)CCCN(c1cccc(C)c1)S(C)(=O)=O. The van der Waals surface area contributed by atoms with Gasteiger partial charge in [0.1, 0.15) is 6.04 Å². The zero-order valence-corrected chi connectivity index (χ0v) is 23.2. The topological polar surface area (TPSA) is 86.8 Å². The van der Waals surface area contributed by atoms with Crippen molar-refractivity contribution in [3.63, 3.8) is 0 Å². The standard InChI is InChI=1S/C27H38ClN3O4S/c1-5-7-17-29-27(33)25(6-2)30(20-22-13-15-23(28)16-14-22)26(32)12-9-18-31(36(4,34)35)24-11-8-10-21(3)19-24/h8,10-11,13-16,19,25H,5-7,9,12,17-18,20H2,1-4H3,(H,29,33)/t25-/m1/s1. The van der Waals surface area contributed by atoms with Crippen LogP contribution in [0.25, 0.3) is 0 Å². The van der Waals surface area contributed by atoms with Gasteiger partial charge in [0.05, 0.1) is 11.9 Å². The lowest BCUT2D eigenvalue weighted by Crippen LogP contribution is -2.49. The van der Waals surface area contributed by atoms with E-state index >= 15 is 0 Å². The van der Waals surface area contributed by atoms with Crippen molar-refractivity contribution < 1.29 is 18.0 Å². The van der Waals surface area contributed by atoms with Crippen LogP contribution < -0.4 is 9.62 Å². The first-order chi connectivity index (χ1) is 17.1. The number of aryl methyl sites for hydroxylation is 1. The Morgan fingerprint density at radius 2 is 1.75 bits per heavy atom. The van der Waals surface area contributed by atoms with Crippen LogP contribution in [0.5, 0.6) is 0 Å². The third kappa shape index (κ3) is 9.13. The molecule has 0 saturated heterocycles. The van der Waals surface area contributed by atoms with Crippen LogP contribution in [0.1, 0.15) is 57.1 Å². The first-order valence-corrected chi connectivity index (χ1v) is 14.7. The Kier molecular flexibility index (Phi) is 11.7. The summed E-state index contributed by atoms with van der Waals surface area (Å²) in [6.45, 7) is 6.84. The maximum absolute atomic E-state index is 13.4. The lowest BCUT2D eigenvalue weighted by molar-refractivity contribution is -0.141. The van der Waals surface area contributed by atoms with E-state index in [2.05, 4.69) is 12.2 Å². The molecule has 198 valence electrons. The van der Waals surface area contributed by atoms with Crippen LogP contribution in [0.2, 0.25) is 5.02 Å². The summed E-state index contributed by atoms with van der Waals surface area (Å²) in [5.41, 5.74) is 2.39. The molecule has 0 bridgehead atoms. The molecule has 0 fully saturated rings. The van der Waals surface area contributed by atoms with Crippen LogP contribution in [0, 0.1) is 6.92 Å². The number of hydrogen-bond donors (Lipinski definition) is 1. The minimum atomic E-state index is -3.52. The highest BCUT2D eigenvalue weighted by Crippen LogP contribution is 2.21. The maximum Gasteiger partial charge on any atom is 0.242 e. The molecular weight excluding hydrogens is 498 g/mol. The van der Waals surface area contributed by atoms with E-state index in [-0.39, 0.29) is 31.3 Å². The molecule has 0 aliphatic rings. The molecule has 1 N–H and O–H groups in total. The molecule has 0 saturated carbocycles. The summed E-state index contributed by atoms with van der Waals surface area (Å²) in [6.07, 6.45) is 3.90. The van der Waals surface area contributed by atoms with E-state index < -0.39 is 16.1 Å². The largest absolute Gasteiger partial charge is 0.354 e. The van der Waals surface area contributed by atoms with Gasteiger partial charge in [-0.25, -0.2) is 8.42 Å². The zero-order valence-electron chi connectivity index (χ0n) is 21.7. The highest BCUT2D eigenvalue weighted by atomic mass is 35.5. The molecule has 0 unspecified atom stereocenters. The number of benzene rings is 2. The number of nitrogens with zero attached hydrogens (tertiary/aromatic N) is 2. The maximum atomic E-state index is 13.4. The van der Waals surface area contributed by atoms with E-state index in [0.717, 1.165) is 30.2 Å². The van der Waals surface area contributed by atoms with Crippen LogP contribution in [-0.2, 0) is 26.2 Å². The third-order valence-electron chi connectivity index (χ3n) is 5.92. The van der Waals surface area contributed by atoms with E-state index in [4.69, 9.17) is 11.6 Å². The number of unbranched alkanes of at least 4 members (excludes halogenated alkanes) is 1. The molecule has 36 heavy (non-hydrogen) atoms. The molecule has 2 amide bonds. The van der Waals surface area contributed by atoms with Gasteiger partial charge in [-0.3, -0.25) is 13.9 Å². The number of amides is 2. The van der Waals surface area contributed by atoms with Crippen LogP contribution in [-0.4, -0.2) is 50.5 Å². The minimum absolute atomic E-state index is 0.115. The molecule has 0 aromatic heterocycles. The number of sulfonamides is 1. The third-order valence-corrected chi connectivity index (χ3v) is 7.37. The van der Waals surface area contributed by atoms with Crippen molar-refractivity contribution in [2.75, 3.05) is 23.7 Å². The number of rotatable bonds is 14. The molecule has 0 heterocycles. The highest BCUT2D eigenvalue weighted by Gasteiger charge is 2.28. The Bertz CT molecular complexity index is 1110. The van der Waals surface area contributed by atoms with Crippen LogP contribution in [0.3, 0.4) is 0 Å². The number of carbonyl (C=O) groups excluding carboxylic acids is 2. The first kappa shape index (κ1) is 29.6. The van der Waals surface area contributed by atoms with E-state index in [9.17, 15) is 18.0 Å². The van der Waals surface area contributed by atoms with E-state index in [0.29, 0.717) is 30.1 Å². The van der Waals surface area contributed by atoms with Crippen molar-refractivity contribution >= 4 is 39.1 Å². The van der Waals surface area contributed by atoms with Crippen LogP contribution in [0.15, 0.2) is 48.5 Å². The van der Waals surface area contributed by atoms with Gasteiger partial charge in [-0.15, -0.1) is 0 Å². The predicted molar refractivity (Wildman–Crippen MR) is 147 cm³/mol. The van der Waals surface area contributed by atoms with Crippen molar-refractivity contribution in [3.8, 4) is 0 Å². The minimum Gasteiger partial charge on any atom is -0.354 e. The second kappa shape index (κ2) is 14.2. The number of nitrogens with one attached hydrogen (secondary N) is 1. The van der Waals surface area contributed by atoms with Gasteiger partial charge in [-0.1, -0.05) is 56.1 Å². The van der Waals surface area contributed by atoms with Gasteiger partial charge >= 0.3 is 0 Å². The molecule has 2 rings (SSSR count). The number of hydrogen-bond acceptors (Lipinski definition) is 4. The second-order valence-corrected chi connectivity index (χ2v) is 11.3. The molecular formula is C27H38ClN3O4S. The quantitative estimate of drug-likeness (QED) is 0.348. The smallest absolute Gasteiger partial charge is 0.242 e. The summed E-state index contributed by atoms with van der Waals surface area (Å²) in [7, 11) is -3.52. The molecule has 0 spiro atoms. The summed E-state index contributed by atoms with van der Waals surface area (Å²) in [6, 6.07) is 13.8. The van der Waals surface area contributed by atoms with Gasteiger partial charge in [0.2, 0.25) is 21.8 Å². The van der Waals surface area contributed by atoms with Crippen LogP contribution >= 0.6 is 11.6 Å². The summed E-state index contributed by atoms with van der Waals surface area (Å²) < 4.78 is 26.2. The summed E-state index contributed by atoms with van der Waals surface area (Å²) in [4.78, 5) is 28.0. The van der Waals surface area contributed by atoms with Crippen LogP contribution in [0.4, 0.5) is 5.69 Å². The van der Waals surface area contributed by atoms with Crippen molar-refractivity contribution in [3.05, 3.63) is 64.7 Å². The average molecular weight is 536 g/mol. The first-order valence-electron chi connectivity index (χ1n) is 12.4. The monoisotopic (exact) mass is 535 g/mol. The summed E-state index contributed by atoms with van der Waals surface area (Å²) in [5.74, 6) is -0.370. The van der Waals surface area contributed by atoms with Gasteiger partial charge in [0.25, 0.3) is 0 Å².